The minimum Gasteiger partial charge on any atom is -0.445 e. The van der Waals surface area contributed by atoms with E-state index in [0.29, 0.717) is 0 Å². The lowest BCUT2D eigenvalue weighted by molar-refractivity contribution is -0.133. The van der Waals surface area contributed by atoms with Crippen LogP contribution in [-0.4, -0.2) is 54.3 Å². The van der Waals surface area contributed by atoms with Crippen molar-refractivity contribution in [2.75, 3.05) is 13.6 Å². The third-order valence-corrected chi connectivity index (χ3v) is 3.99. The zero-order chi connectivity index (χ0) is 20.0. The molecule has 1 unspecified atom stereocenters. The molecule has 0 saturated carbocycles. The Labute approximate surface area is 159 Å². The van der Waals surface area contributed by atoms with Gasteiger partial charge in [0.1, 0.15) is 12.2 Å². The number of ether oxygens (including phenoxy) is 2. The molecule has 2 N–H and O–H groups in total. The van der Waals surface area contributed by atoms with Gasteiger partial charge < -0.3 is 25.0 Å². The molecule has 1 aromatic carbocycles. The molecule has 1 aliphatic rings. The lowest BCUT2D eigenvalue weighted by Gasteiger charge is -2.37. The van der Waals surface area contributed by atoms with Gasteiger partial charge in [-0.15, -0.1) is 0 Å². The molecule has 2 atom stereocenters. The third-order valence-electron chi connectivity index (χ3n) is 3.99. The molecule has 8 nitrogen and oxygen atoms in total. The van der Waals surface area contributed by atoms with E-state index < -0.39 is 29.9 Å². The van der Waals surface area contributed by atoms with Crippen molar-refractivity contribution in [3.63, 3.8) is 0 Å². The molecule has 27 heavy (non-hydrogen) atoms. The Kier molecular flexibility index (Phi) is 6.65. The van der Waals surface area contributed by atoms with Crippen molar-refractivity contribution >= 4 is 18.1 Å². The number of benzene rings is 1. The molecular formula is C19H27N3O5. The minimum absolute atomic E-state index is 0.0669. The molecule has 1 fully saturated rings. The number of nitrogens with zero attached hydrogens (tertiary/aromatic N) is 1. The maximum atomic E-state index is 12.1. The van der Waals surface area contributed by atoms with Crippen LogP contribution >= 0.6 is 0 Å². The van der Waals surface area contributed by atoms with Crippen molar-refractivity contribution in [2.45, 2.75) is 51.5 Å². The Hall–Kier alpha value is -2.77. The molecule has 0 spiro atoms. The summed E-state index contributed by atoms with van der Waals surface area (Å²) < 4.78 is 10.5. The van der Waals surface area contributed by atoms with Crippen LogP contribution in [0.3, 0.4) is 0 Å². The van der Waals surface area contributed by atoms with E-state index in [2.05, 4.69) is 10.6 Å². The Morgan fingerprint density at radius 1 is 1.11 bits per heavy atom. The quantitative estimate of drug-likeness (QED) is 0.837. The van der Waals surface area contributed by atoms with Crippen LogP contribution in [-0.2, 0) is 20.9 Å². The maximum absolute atomic E-state index is 12.1. The fourth-order valence-corrected chi connectivity index (χ4v) is 2.68. The number of piperidine rings is 1. The first-order valence-electron chi connectivity index (χ1n) is 8.85. The van der Waals surface area contributed by atoms with E-state index in [4.69, 9.17) is 9.47 Å². The number of rotatable bonds is 4. The fraction of sp³-hybridized carbons (Fsp3) is 0.526. The van der Waals surface area contributed by atoms with Gasteiger partial charge in [-0.05, 0) is 26.3 Å². The normalized spacial score (nSPS) is 20.0. The Bertz CT molecular complexity index is 672. The summed E-state index contributed by atoms with van der Waals surface area (Å²) in [4.78, 5) is 37.7. The monoisotopic (exact) mass is 377 g/mol. The van der Waals surface area contributed by atoms with E-state index in [0.717, 1.165) is 5.56 Å². The van der Waals surface area contributed by atoms with E-state index in [1.54, 1.807) is 27.8 Å². The number of carbonyl (C=O) groups is 3. The first kappa shape index (κ1) is 20.5. The molecule has 0 aliphatic carbocycles. The molecule has 0 aromatic heterocycles. The van der Waals surface area contributed by atoms with E-state index >= 15 is 0 Å². The second kappa shape index (κ2) is 8.75. The van der Waals surface area contributed by atoms with Crippen molar-refractivity contribution in [2.24, 2.45) is 0 Å². The summed E-state index contributed by atoms with van der Waals surface area (Å²) in [5.41, 5.74) is 0.216. The van der Waals surface area contributed by atoms with Crippen molar-refractivity contribution in [1.29, 1.82) is 0 Å². The molecular weight excluding hydrogens is 350 g/mol. The van der Waals surface area contributed by atoms with Crippen molar-refractivity contribution in [1.82, 2.24) is 15.5 Å². The van der Waals surface area contributed by atoms with Crippen LogP contribution in [0.2, 0.25) is 0 Å². The fourth-order valence-electron chi connectivity index (χ4n) is 2.68. The van der Waals surface area contributed by atoms with Gasteiger partial charge in [-0.25, -0.2) is 9.59 Å². The van der Waals surface area contributed by atoms with Crippen LogP contribution in [0.4, 0.5) is 9.59 Å². The van der Waals surface area contributed by atoms with Crippen molar-refractivity contribution < 1.29 is 23.9 Å². The second-order valence-corrected chi connectivity index (χ2v) is 7.54. The zero-order valence-corrected chi connectivity index (χ0v) is 16.2. The predicted octanol–water partition coefficient (Wildman–Crippen LogP) is 2.04. The first-order valence-corrected chi connectivity index (χ1v) is 8.85. The van der Waals surface area contributed by atoms with Gasteiger partial charge in [0.15, 0.2) is 0 Å². The summed E-state index contributed by atoms with van der Waals surface area (Å²) in [6.07, 6.45) is -1.17. The van der Waals surface area contributed by atoms with Gasteiger partial charge in [-0.3, -0.25) is 4.79 Å². The number of amides is 3. The topological polar surface area (TPSA) is 97.0 Å². The van der Waals surface area contributed by atoms with E-state index in [9.17, 15) is 14.4 Å². The maximum Gasteiger partial charge on any atom is 0.408 e. The van der Waals surface area contributed by atoms with Gasteiger partial charge >= 0.3 is 12.2 Å². The highest BCUT2D eigenvalue weighted by Crippen LogP contribution is 2.14. The standard InChI is InChI=1S/C19H27N3O5/c1-19(2,3)27-18(25)21-15-11-22(4)16(23)10-14(15)20-17(24)26-12-13-8-6-5-7-9-13/h5-9,14-15H,10-12H2,1-4H3,(H,20,24)(H,21,25)/t14-,15?/m1/s1. The average molecular weight is 377 g/mol. The lowest BCUT2D eigenvalue weighted by atomic mass is 9.99. The number of hydrogen-bond acceptors (Lipinski definition) is 5. The van der Waals surface area contributed by atoms with E-state index in [-0.39, 0.29) is 25.5 Å². The molecule has 3 amide bonds. The lowest BCUT2D eigenvalue weighted by Crippen LogP contribution is -2.61. The Morgan fingerprint density at radius 3 is 2.37 bits per heavy atom. The highest BCUT2D eigenvalue weighted by Gasteiger charge is 2.35. The number of likely N-dealkylation sites (tertiary alicyclic amines) is 1. The highest BCUT2D eigenvalue weighted by atomic mass is 16.6. The summed E-state index contributed by atoms with van der Waals surface area (Å²) in [7, 11) is 1.65. The van der Waals surface area contributed by atoms with Crippen molar-refractivity contribution in [3.05, 3.63) is 35.9 Å². The number of nitrogens with one attached hydrogen (secondary N) is 2. The SMILES string of the molecule is CN1CC(NC(=O)OC(C)(C)C)[C@H](NC(=O)OCc2ccccc2)CC1=O. The van der Waals surface area contributed by atoms with Crippen LogP contribution in [0.25, 0.3) is 0 Å². The summed E-state index contributed by atoms with van der Waals surface area (Å²) in [6.45, 7) is 5.68. The molecule has 0 radical (unpaired) electrons. The van der Waals surface area contributed by atoms with Gasteiger partial charge in [0, 0.05) is 20.0 Å². The molecule has 1 aromatic rings. The van der Waals surface area contributed by atoms with Crippen molar-refractivity contribution in [3.8, 4) is 0 Å². The van der Waals surface area contributed by atoms with Crippen LogP contribution in [0, 0.1) is 0 Å². The van der Waals surface area contributed by atoms with Gasteiger partial charge in [0.2, 0.25) is 5.91 Å². The van der Waals surface area contributed by atoms with Gasteiger partial charge in [0.05, 0.1) is 12.1 Å². The van der Waals surface area contributed by atoms with Crippen LogP contribution in [0.5, 0.6) is 0 Å². The van der Waals surface area contributed by atoms with Crippen LogP contribution in [0.1, 0.15) is 32.8 Å². The minimum atomic E-state index is -0.641. The summed E-state index contributed by atoms with van der Waals surface area (Å²) >= 11 is 0. The molecule has 8 heteroatoms. The summed E-state index contributed by atoms with van der Waals surface area (Å²) in [5, 5.41) is 5.41. The number of carbonyl (C=O) groups excluding carboxylic acids is 3. The summed E-state index contributed by atoms with van der Waals surface area (Å²) in [5.74, 6) is -0.120. The van der Waals surface area contributed by atoms with E-state index in [1.807, 2.05) is 30.3 Å². The number of hydrogen-bond donors (Lipinski definition) is 2. The average Bonchev–Trinajstić information content (AvgIpc) is 2.57. The molecule has 2 rings (SSSR count). The highest BCUT2D eigenvalue weighted by molar-refractivity contribution is 5.79. The summed E-state index contributed by atoms with van der Waals surface area (Å²) in [6, 6.07) is 8.22. The number of alkyl carbamates (subject to hydrolysis) is 2. The first-order chi connectivity index (χ1) is 12.6. The Balaban J connectivity index is 1.94. The van der Waals surface area contributed by atoms with E-state index in [1.165, 1.54) is 4.90 Å². The molecule has 1 aliphatic heterocycles. The third kappa shape index (κ3) is 6.80. The molecule has 0 bridgehead atoms. The van der Waals surface area contributed by atoms with Gasteiger partial charge in [-0.2, -0.15) is 0 Å². The molecule has 1 saturated heterocycles. The largest absolute Gasteiger partial charge is 0.445 e. The molecule has 1 heterocycles. The number of likely N-dealkylation sites (N-methyl/N-ethyl adjacent to an activating group) is 1. The second-order valence-electron chi connectivity index (χ2n) is 7.54. The van der Waals surface area contributed by atoms with Crippen LogP contribution in [0.15, 0.2) is 30.3 Å². The predicted molar refractivity (Wildman–Crippen MR) is 99.0 cm³/mol. The zero-order valence-electron chi connectivity index (χ0n) is 16.2. The van der Waals surface area contributed by atoms with Crippen LogP contribution < -0.4 is 10.6 Å². The van der Waals surface area contributed by atoms with Gasteiger partial charge in [-0.1, -0.05) is 30.3 Å². The smallest absolute Gasteiger partial charge is 0.408 e. The Morgan fingerprint density at radius 2 is 1.74 bits per heavy atom. The van der Waals surface area contributed by atoms with Gasteiger partial charge in [0.25, 0.3) is 0 Å². The molecule has 148 valence electrons.